The standard InChI is InChI=1S/C17H26N2O2/c1-18-9-11-19(12-10-18)8-3-4-14-15-7-13-21-17(15)6-5-16(14)20-2/h5-6H,3-4,7-13H2,1-2H3. The summed E-state index contributed by atoms with van der Waals surface area (Å²) < 4.78 is 11.2. The van der Waals surface area contributed by atoms with Crippen molar-refractivity contribution in [2.24, 2.45) is 0 Å². The smallest absolute Gasteiger partial charge is 0.123 e. The first-order chi connectivity index (χ1) is 10.3. The van der Waals surface area contributed by atoms with E-state index in [-0.39, 0.29) is 0 Å². The third kappa shape index (κ3) is 3.33. The van der Waals surface area contributed by atoms with Crippen LogP contribution in [0.2, 0.25) is 0 Å². The van der Waals surface area contributed by atoms with Gasteiger partial charge >= 0.3 is 0 Å². The summed E-state index contributed by atoms with van der Waals surface area (Å²) in [6, 6.07) is 4.10. The van der Waals surface area contributed by atoms with Crippen molar-refractivity contribution in [3.63, 3.8) is 0 Å². The number of likely N-dealkylation sites (N-methyl/N-ethyl adjacent to an activating group) is 1. The Balaban J connectivity index is 1.59. The summed E-state index contributed by atoms with van der Waals surface area (Å²) in [5, 5.41) is 0. The van der Waals surface area contributed by atoms with E-state index >= 15 is 0 Å². The van der Waals surface area contributed by atoms with Crippen molar-refractivity contribution < 1.29 is 9.47 Å². The number of piperazine rings is 1. The molecule has 0 unspecified atom stereocenters. The molecule has 1 aromatic carbocycles. The Labute approximate surface area is 127 Å². The lowest BCUT2D eigenvalue weighted by Crippen LogP contribution is -2.44. The summed E-state index contributed by atoms with van der Waals surface area (Å²) in [5.74, 6) is 2.09. The van der Waals surface area contributed by atoms with E-state index in [0.29, 0.717) is 0 Å². The number of hydrogen-bond donors (Lipinski definition) is 0. The predicted molar refractivity (Wildman–Crippen MR) is 84.5 cm³/mol. The summed E-state index contributed by atoms with van der Waals surface area (Å²) in [6.07, 6.45) is 3.30. The first-order valence-corrected chi connectivity index (χ1v) is 8.00. The highest BCUT2D eigenvalue weighted by molar-refractivity contribution is 5.50. The molecule has 0 radical (unpaired) electrons. The van der Waals surface area contributed by atoms with Crippen molar-refractivity contribution in [1.29, 1.82) is 0 Å². The van der Waals surface area contributed by atoms with Crippen molar-refractivity contribution >= 4 is 0 Å². The SMILES string of the molecule is COc1ccc2c(c1CCCN1CCN(C)CC1)CCO2. The van der Waals surface area contributed by atoms with Crippen molar-refractivity contribution in [2.75, 3.05) is 53.5 Å². The Morgan fingerprint density at radius 2 is 2.00 bits per heavy atom. The average Bonchev–Trinajstić information content (AvgIpc) is 2.98. The number of nitrogens with zero attached hydrogens (tertiary/aromatic N) is 2. The molecule has 2 aliphatic heterocycles. The maximum atomic E-state index is 5.68. The van der Waals surface area contributed by atoms with Crippen LogP contribution in [0.5, 0.6) is 11.5 Å². The summed E-state index contributed by atoms with van der Waals surface area (Å²) in [5.41, 5.74) is 2.73. The van der Waals surface area contributed by atoms with Crippen LogP contribution in [0.1, 0.15) is 17.5 Å². The van der Waals surface area contributed by atoms with Gasteiger partial charge in [0, 0.05) is 43.7 Å². The predicted octanol–water partition coefficient (Wildman–Crippen LogP) is 1.81. The van der Waals surface area contributed by atoms with Crippen molar-refractivity contribution in [3.05, 3.63) is 23.3 Å². The molecule has 0 amide bonds. The normalized spacial score (nSPS) is 19.3. The first kappa shape index (κ1) is 14.7. The van der Waals surface area contributed by atoms with Gasteiger partial charge in [0.25, 0.3) is 0 Å². The molecule has 1 fully saturated rings. The van der Waals surface area contributed by atoms with Gasteiger partial charge in [-0.25, -0.2) is 0 Å². The minimum atomic E-state index is 0.813. The van der Waals surface area contributed by atoms with E-state index < -0.39 is 0 Å². The zero-order valence-electron chi connectivity index (χ0n) is 13.2. The molecule has 0 aliphatic carbocycles. The van der Waals surface area contributed by atoms with Crippen molar-refractivity contribution in [1.82, 2.24) is 9.80 Å². The molecule has 0 N–H and O–H groups in total. The lowest BCUT2D eigenvalue weighted by Gasteiger charge is -2.32. The molecule has 2 aliphatic rings. The largest absolute Gasteiger partial charge is 0.496 e. The van der Waals surface area contributed by atoms with E-state index in [4.69, 9.17) is 9.47 Å². The van der Waals surface area contributed by atoms with Crippen LogP contribution >= 0.6 is 0 Å². The quantitative estimate of drug-likeness (QED) is 0.826. The van der Waals surface area contributed by atoms with Crippen LogP contribution in [0.3, 0.4) is 0 Å². The summed E-state index contributed by atoms with van der Waals surface area (Å²) in [7, 11) is 3.97. The Hall–Kier alpha value is -1.26. The summed E-state index contributed by atoms with van der Waals surface area (Å²) in [4.78, 5) is 4.98. The third-order valence-electron chi connectivity index (χ3n) is 4.67. The highest BCUT2D eigenvalue weighted by Crippen LogP contribution is 2.35. The van der Waals surface area contributed by atoms with E-state index in [0.717, 1.165) is 30.9 Å². The molecular weight excluding hydrogens is 264 g/mol. The van der Waals surface area contributed by atoms with Crippen LogP contribution in [-0.2, 0) is 12.8 Å². The number of hydrogen-bond acceptors (Lipinski definition) is 4. The number of fused-ring (bicyclic) bond motifs is 1. The molecule has 0 spiro atoms. The van der Waals surface area contributed by atoms with Crippen LogP contribution < -0.4 is 9.47 Å². The van der Waals surface area contributed by atoms with Gasteiger partial charge in [-0.05, 0) is 38.6 Å². The third-order valence-corrected chi connectivity index (χ3v) is 4.67. The lowest BCUT2D eigenvalue weighted by molar-refractivity contribution is 0.153. The van der Waals surface area contributed by atoms with Crippen LogP contribution in [0, 0.1) is 0 Å². The number of methoxy groups -OCH3 is 1. The molecule has 0 saturated carbocycles. The van der Waals surface area contributed by atoms with Gasteiger partial charge < -0.3 is 19.3 Å². The fourth-order valence-corrected chi connectivity index (χ4v) is 3.34. The van der Waals surface area contributed by atoms with Gasteiger partial charge in [-0.3, -0.25) is 0 Å². The van der Waals surface area contributed by atoms with Crippen molar-refractivity contribution in [2.45, 2.75) is 19.3 Å². The topological polar surface area (TPSA) is 24.9 Å². The van der Waals surface area contributed by atoms with Gasteiger partial charge in [-0.15, -0.1) is 0 Å². The molecule has 2 heterocycles. The second kappa shape index (κ2) is 6.67. The van der Waals surface area contributed by atoms with E-state index in [1.807, 2.05) is 6.07 Å². The van der Waals surface area contributed by atoms with Gasteiger partial charge in [0.2, 0.25) is 0 Å². The molecule has 3 rings (SSSR count). The molecule has 4 heteroatoms. The second-order valence-electron chi connectivity index (χ2n) is 6.07. The molecule has 1 saturated heterocycles. The second-order valence-corrected chi connectivity index (χ2v) is 6.07. The first-order valence-electron chi connectivity index (χ1n) is 8.00. The highest BCUT2D eigenvalue weighted by atomic mass is 16.5. The molecule has 0 atom stereocenters. The Bertz CT molecular complexity index is 482. The van der Waals surface area contributed by atoms with Gasteiger partial charge in [-0.1, -0.05) is 0 Å². The molecule has 4 nitrogen and oxygen atoms in total. The van der Waals surface area contributed by atoms with Crippen molar-refractivity contribution in [3.8, 4) is 11.5 Å². The van der Waals surface area contributed by atoms with Crippen LogP contribution in [-0.4, -0.2) is 63.3 Å². The fourth-order valence-electron chi connectivity index (χ4n) is 3.34. The van der Waals surface area contributed by atoms with Gasteiger partial charge in [-0.2, -0.15) is 0 Å². The van der Waals surface area contributed by atoms with E-state index in [1.54, 1.807) is 7.11 Å². The molecule has 116 valence electrons. The van der Waals surface area contributed by atoms with Gasteiger partial charge in [0.05, 0.1) is 13.7 Å². The average molecular weight is 290 g/mol. The minimum absolute atomic E-state index is 0.813. The highest BCUT2D eigenvalue weighted by Gasteiger charge is 2.20. The Kier molecular flexibility index (Phi) is 4.66. The molecule has 0 aromatic heterocycles. The molecule has 0 bridgehead atoms. The summed E-state index contributed by atoms with van der Waals surface area (Å²) in [6.45, 7) is 6.78. The number of rotatable bonds is 5. The monoisotopic (exact) mass is 290 g/mol. The molecule has 1 aromatic rings. The minimum Gasteiger partial charge on any atom is -0.496 e. The van der Waals surface area contributed by atoms with E-state index in [1.165, 1.54) is 50.3 Å². The van der Waals surface area contributed by atoms with E-state index in [2.05, 4.69) is 22.9 Å². The van der Waals surface area contributed by atoms with Gasteiger partial charge in [0.1, 0.15) is 11.5 Å². The maximum Gasteiger partial charge on any atom is 0.123 e. The number of ether oxygens (including phenoxy) is 2. The Morgan fingerprint density at radius 1 is 1.19 bits per heavy atom. The van der Waals surface area contributed by atoms with Crippen LogP contribution in [0.15, 0.2) is 12.1 Å². The zero-order chi connectivity index (χ0) is 14.7. The van der Waals surface area contributed by atoms with Crippen LogP contribution in [0.4, 0.5) is 0 Å². The lowest BCUT2D eigenvalue weighted by atomic mass is 9.99. The number of benzene rings is 1. The Morgan fingerprint density at radius 3 is 2.76 bits per heavy atom. The van der Waals surface area contributed by atoms with Gasteiger partial charge in [0.15, 0.2) is 0 Å². The molecule has 21 heavy (non-hydrogen) atoms. The zero-order valence-corrected chi connectivity index (χ0v) is 13.2. The van der Waals surface area contributed by atoms with E-state index in [9.17, 15) is 0 Å². The maximum absolute atomic E-state index is 5.68. The molecular formula is C17H26N2O2. The fraction of sp³-hybridized carbons (Fsp3) is 0.647. The summed E-state index contributed by atoms with van der Waals surface area (Å²) >= 11 is 0. The van der Waals surface area contributed by atoms with Crippen LogP contribution in [0.25, 0.3) is 0 Å².